The van der Waals surface area contributed by atoms with Crippen molar-refractivity contribution in [2.45, 2.75) is 76.1 Å². The lowest BCUT2D eigenvalue weighted by Crippen LogP contribution is -2.35. The predicted molar refractivity (Wildman–Crippen MR) is 123 cm³/mol. The number of rotatable bonds is 10. The summed E-state index contributed by atoms with van der Waals surface area (Å²) in [5.74, 6) is 0.394. The molecule has 1 fully saturated rings. The molecule has 0 saturated heterocycles. The molecule has 0 aromatic rings. The minimum atomic E-state index is -0.509. The molecule has 1 saturated carbocycles. The molecule has 9 heteroatoms. The first-order chi connectivity index (χ1) is 12.7. The Morgan fingerprint density at radius 1 is 1.15 bits per heavy atom. The van der Waals surface area contributed by atoms with E-state index >= 15 is 0 Å². The summed E-state index contributed by atoms with van der Waals surface area (Å²) in [7, 11) is 0. The standard InChI is InChI=1S/C18H30BINO4S2/c1-11(2)19-27-15(17(23)25-20)9-16(22)21-10-13-5-7-14(8-6-13)18(24)26-12(3)4/h11-15H,5-10H2,1-4H3,(H,21,22). The summed E-state index contributed by atoms with van der Waals surface area (Å²) in [6.07, 6.45) is 3.85. The van der Waals surface area contributed by atoms with Crippen LogP contribution in [0.4, 0.5) is 0 Å². The van der Waals surface area contributed by atoms with Crippen molar-refractivity contribution < 1.29 is 17.4 Å². The predicted octanol–water partition coefficient (Wildman–Crippen LogP) is 4.41. The van der Waals surface area contributed by atoms with E-state index in [2.05, 4.69) is 5.32 Å². The first-order valence-corrected chi connectivity index (χ1v) is 12.2. The Bertz CT molecular complexity index is 500. The molecule has 0 aliphatic heterocycles. The van der Waals surface area contributed by atoms with E-state index in [0.29, 0.717) is 28.6 Å². The Morgan fingerprint density at radius 3 is 2.30 bits per heavy atom. The Balaban J connectivity index is 2.35. The molecule has 0 aromatic heterocycles. The summed E-state index contributed by atoms with van der Waals surface area (Å²) in [6, 6.07) is 0. The van der Waals surface area contributed by atoms with Gasteiger partial charge in [0.25, 0.3) is 0 Å². The molecule has 5 nitrogen and oxygen atoms in total. The highest BCUT2D eigenvalue weighted by Gasteiger charge is 2.28. The third-order valence-electron chi connectivity index (χ3n) is 4.34. The van der Waals surface area contributed by atoms with E-state index in [0.717, 1.165) is 25.7 Å². The molecule has 1 atom stereocenters. The van der Waals surface area contributed by atoms with Crippen LogP contribution in [0.3, 0.4) is 0 Å². The molecule has 27 heavy (non-hydrogen) atoms. The maximum atomic E-state index is 12.2. The van der Waals surface area contributed by atoms with Gasteiger partial charge >= 0.3 is 5.97 Å². The van der Waals surface area contributed by atoms with Gasteiger partial charge in [0.15, 0.2) is 34.7 Å². The van der Waals surface area contributed by atoms with E-state index in [4.69, 9.17) is 3.07 Å². The summed E-state index contributed by atoms with van der Waals surface area (Å²) < 4.78 is 4.78. The topological polar surface area (TPSA) is 72.5 Å². The number of hydrogen-bond donors (Lipinski definition) is 1. The number of carbonyl (C=O) groups is 3. The fourth-order valence-electron chi connectivity index (χ4n) is 2.92. The van der Waals surface area contributed by atoms with Gasteiger partial charge in [-0.2, -0.15) is 0 Å². The molecule has 0 aromatic carbocycles. The first kappa shape index (κ1) is 25.1. The lowest BCUT2D eigenvalue weighted by molar-refractivity contribution is -0.133. The molecular weight excluding hydrogens is 496 g/mol. The summed E-state index contributed by atoms with van der Waals surface area (Å²) >= 11 is 4.36. The molecule has 153 valence electrons. The van der Waals surface area contributed by atoms with E-state index in [-0.39, 0.29) is 24.2 Å². The minimum absolute atomic E-state index is 0.120. The van der Waals surface area contributed by atoms with E-state index in [1.54, 1.807) is 23.0 Å². The molecule has 1 radical (unpaired) electrons. The number of nitrogens with one attached hydrogen (secondary N) is 1. The Labute approximate surface area is 186 Å². The van der Waals surface area contributed by atoms with E-state index in [1.807, 2.05) is 34.3 Å². The van der Waals surface area contributed by atoms with Gasteiger partial charge in [-0.15, -0.1) is 0 Å². The maximum Gasteiger partial charge on any atom is 0.327 e. The molecule has 1 aliphatic rings. The highest BCUT2D eigenvalue weighted by Crippen LogP contribution is 2.32. The van der Waals surface area contributed by atoms with Crippen molar-refractivity contribution in [1.29, 1.82) is 0 Å². The van der Waals surface area contributed by atoms with Crippen molar-refractivity contribution in [3.8, 4) is 0 Å². The van der Waals surface area contributed by atoms with Crippen molar-refractivity contribution in [3.63, 3.8) is 0 Å². The smallest absolute Gasteiger partial charge is 0.327 e. The lowest BCUT2D eigenvalue weighted by Gasteiger charge is -2.28. The van der Waals surface area contributed by atoms with Crippen molar-refractivity contribution in [1.82, 2.24) is 5.32 Å². The van der Waals surface area contributed by atoms with Gasteiger partial charge in [-0.25, -0.2) is 11.6 Å². The largest absolute Gasteiger partial charge is 0.394 e. The maximum absolute atomic E-state index is 12.2. The Hall–Kier alpha value is 0.105. The van der Waals surface area contributed by atoms with Gasteiger partial charge in [-0.3, -0.25) is 14.4 Å². The van der Waals surface area contributed by atoms with Gasteiger partial charge in [0.1, 0.15) is 5.25 Å². The van der Waals surface area contributed by atoms with Gasteiger partial charge in [-0.05, 0) is 31.6 Å². The molecule has 1 aliphatic carbocycles. The van der Waals surface area contributed by atoms with Crippen molar-refractivity contribution in [2.24, 2.45) is 11.8 Å². The van der Waals surface area contributed by atoms with Crippen LogP contribution in [0.5, 0.6) is 0 Å². The van der Waals surface area contributed by atoms with Crippen LogP contribution in [0.2, 0.25) is 5.82 Å². The first-order valence-electron chi connectivity index (χ1n) is 9.51. The number of thioether (sulfide) groups is 1. The normalized spacial score (nSPS) is 21.0. The van der Waals surface area contributed by atoms with Crippen molar-refractivity contribution in [2.75, 3.05) is 6.54 Å². The van der Waals surface area contributed by atoms with Gasteiger partial charge in [0.05, 0.1) is 0 Å². The highest BCUT2D eigenvalue weighted by atomic mass is 127. The third kappa shape index (κ3) is 10.4. The minimum Gasteiger partial charge on any atom is -0.394 e. The molecule has 1 N–H and O–H groups in total. The molecule has 0 spiro atoms. The lowest BCUT2D eigenvalue weighted by atomic mass is 9.82. The average Bonchev–Trinajstić information content (AvgIpc) is 2.62. The summed E-state index contributed by atoms with van der Waals surface area (Å²) in [6.45, 7) is 10.7. The van der Waals surface area contributed by atoms with Gasteiger partial charge in [-0.1, -0.05) is 45.3 Å². The SMILES string of the molecule is CC(C)[B]SC(CC(=O)NCC1CCC(C(=O)SC(C)C)CC1)C(=O)OI. The zero-order valence-electron chi connectivity index (χ0n) is 16.5. The highest BCUT2D eigenvalue weighted by molar-refractivity contribution is 14.1. The van der Waals surface area contributed by atoms with E-state index in [9.17, 15) is 14.4 Å². The Kier molecular flexibility index (Phi) is 12.4. The molecule has 1 amide bonds. The second kappa shape index (κ2) is 13.4. The second-order valence-corrected chi connectivity index (χ2v) is 10.7. The van der Waals surface area contributed by atoms with E-state index < -0.39 is 5.25 Å². The van der Waals surface area contributed by atoms with Crippen LogP contribution >= 0.6 is 46.4 Å². The third-order valence-corrected chi connectivity index (χ3v) is 7.20. The quantitative estimate of drug-likeness (QED) is 0.336. The number of carbonyl (C=O) groups excluding carboxylic acids is 3. The van der Waals surface area contributed by atoms with Crippen LogP contribution in [0.25, 0.3) is 0 Å². The molecule has 1 unspecified atom stereocenters. The van der Waals surface area contributed by atoms with Gasteiger partial charge in [0.2, 0.25) is 5.91 Å². The van der Waals surface area contributed by atoms with Gasteiger partial charge < -0.3 is 8.38 Å². The zero-order chi connectivity index (χ0) is 20.4. The fourth-order valence-corrected chi connectivity index (χ4v) is 5.20. The zero-order valence-corrected chi connectivity index (χ0v) is 20.3. The monoisotopic (exact) mass is 526 g/mol. The molecule has 0 bridgehead atoms. The van der Waals surface area contributed by atoms with Crippen molar-refractivity contribution >= 4 is 69.9 Å². The summed E-state index contributed by atoms with van der Waals surface area (Å²) in [5, 5.41) is 3.10. The molecule has 0 heterocycles. The van der Waals surface area contributed by atoms with Crippen LogP contribution in [0, 0.1) is 11.8 Å². The second-order valence-electron chi connectivity index (χ2n) is 7.61. The summed E-state index contributed by atoms with van der Waals surface area (Å²) in [5.41, 5.74) is 0. The van der Waals surface area contributed by atoms with Crippen LogP contribution in [0.1, 0.15) is 59.8 Å². The molecular formula is C18H30BINO4S2. The van der Waals surface area contributed by atoms with Gasteiger partial charge in [0, 0.05) is 24.1 Å². The average molecular weight is 526 g/mol. The number of hydrogen-bond acceptors (Lipinski definition) is 6. The van der Waals surface area contributed by atoms with Crippen LogP contribution in [-0.4, -0.2) is 40.6 Å². The van der Waals surface area contributed by atoms with E-state index in [1.165, 1.54) is 23.4 Å². The van der Waals surface area contributed by atoms with Crippen LogP contribution < -0.4 is 5.32 Å². The van der Waals surface area contributed by atoms with Crippen LogP contribution in [0.15, 0.2) is 0 Å². The molecule has 1 rings (SSSR count). The van der Waals surface area contributed by atoms with Crippen LogP contribution in [-0.2, 0) is 17.4 Å². The summed E-state index contributed by atoms with van der Waals surface area (Å²) in [4.78, 5) is 36.3. The number of halogens is 1. The Morgan fingerprint density at radius 2 is 1.78 bits per heavy atom. The fraction of sp³-hybridized carbons (Fsp3) is 0.833. The van der Waals surface area contributed by atoms with Crippen molar-refractivity contribution in [3.05, 3.63) is 0 Å². The number of amides is 1.